The van der Waals surface area contributed by atoms with Gasteiger partial charge in [-0.1, -0.05) is 12.1 Å². The van der Waals surface area contributed by atoms with E-state index in [4.69, 9.17) is 9.40 Å². The largest absolute Gasteiger partial charge is 0.419 e. The zero-order valence-corrected chi connectivity index (χ0v) is 13.4. The number of para-hydroxylation sites is 2. The number of fused-ring (bicyclic) bond motifs is 4. The van der Waals surface area contributed by atoms with Gasteiger partial charge in [0.2, 0.25) is 17.4 Å². The molecule has 0 radical (unpaired) electrons. The molecule has 4 aromatic heterocycles. The maximum Gasteiger partial charge on any atom is 0.232 e. The van der Waals surface area contributed by atoms with E-state index in [0.29, 0.717) is 5.71 Å². The second-order valence-electron chi connectivity index (χ2n) is 5.83. The van der Waals surface area contributed by atoms with Gasteiger partial charge < -0.3 is 8.98 Å². The summed E-state index contributed by atoms with van der Waals surface area (Å²) in [6.45, 7) is 2.89. The number of pyridine rings is 2. The van der Waals surface area contributed by atoms with Crippen LogP contribution in [0.4, 0.5) is 4.39 Å². The maximum atomic E-state index is 13.3. The van der Waals surface area contributed by atoms with Crippen LogP contribution >= 0.6 is 0 Å². The molecule has 0 spiro atoms. The summed E-state index contributed by atoms with van der Waals surface area (Å²) in [4.78, 5) is 12.9. The minimum atomic E-state index is -0.570. The number of halogens is 1. The van der Waals surface area contributed by atoms with Crippen LogP contribution in [0.15, 0.2) is 53.1 Å². The van der Waals surface area contributed by atoms with Gasteiger partial charge in [-0.25, -0.2) is 9.97 Å². The van der Waals surface area contributed by atoms with Gasteiger partial charge in [0.05, 0.1) is 21.8 Å². The third-order valence-corrected chi connectivity index (χ3v) is 4.39. The maximum absolute atomic E-state index is 13.3. The summed E-state index contributed by atoms with van der Waals surface area (Å²) in [5.41, 5.74) is 3.61. The molecule has 1 aromatic carbocycles. The van der Waals surface area contributed by atoms with Crippen LogP contribution in [0.3, 0.4) is 0 Å². The Labute approximate surface area is 141 Å². The van der Waals surface area contributed by atoms with Crippen molar-refractivity contribution in [2.75, 3.05) is 0 Å². The fraction of sp³-hybridized carbons (Fsp3) is 0.105. The van der Waals surface area contributed by atoms with E-state index in [1.165, 1.54) is 6.07 Å². The molecule has 5 rings (SSSR count). The monoisotopic (exact) mass is 332 g/mol. The molecule has 122 valence electrons. The van der Waals surface area contributed by atoms with Crippen molar-refractivity contribution in [2.24, 2.45) is 0 Å². The number of furan rings is 1. The van der Waals surface area contributed by atoms with E-state index in [1.807, 2.05) is 24.3 Å². The van der Waals surface area contributed by atoms with Crippen molar-refractivity contribution < 1.29 is 8.81 Å². The highest BCUT2D eigenvalue weighted by atomic mass is 19.1. The Bertz CT molecular complexity index is 1250. The Balaban J connectivity index is 1.79. The molecule has 0 saturated carbocycles. The molecule has 0 aliphatic rings. The van der Waals surface area contributed by atoms with Crippen molar-refractivity contribution in [3.05, 3.63) is 54.6 Å². The summed E-state index contributed by atoms with van der Waals surface area (Å²) < 4.78 is 21.0. The number of hydrogen-bond donors (Lipinski definition) is 0. The molecule has 0 aliphatic carbocycles. The Hall–Kier alpha value is -3.28. The van der Waals surface area contributed by atoms with Gasteiger partial charge in [-0.05, 0) is 37.3 Å². The smallest absolute Gasteiger partial charge is 0.232 e. The molecule has 5 aromatic rings. The lowest BCUT2D eigenvalue weighted by molar-refractivity contribution is 0.567. The Morgan fingerprint density at radius 1 is 1.04 bits per heavy atom. The van der Waals surface area contributed by atoms with E-state index in [2.05, 4.69) is 27.5 Å². The topological polar surface area (TPSA) is 56.7 Å². The number of hydrogen-bond acceptors (Lipinski definition) is 4. The second kappa shape index (κ2) is 5.11. The zero-order chi connectivity index (χ0) is 17.0. The fourth-order valence-electron chi connectivity index (χ4n) is 3.26. The number of nitrogens with zero attached hydrogens (tertiary/aromatic N) is 4. The minimum Gasteiger partial charge on any atom is -0.419 e. The minimum absolute atomic E-state index is 0.253. The number of benzene rings is 1. The van der Waals surface area contributed by atoms with Crippen LogP contribution in [0.2, 0.25) is 0 Å². The first kappa shape index (κ1) is 14.1. The molecule has 0 fully saturated rings. The van der Waals surface area contributed by atoms with Gasteiger partial charge in [0.15, 0.2) is 0 Å². The fourth-order valence-corrected chi connectivity index (χ4v) is 3.26. The summed E-state index contributed by atoms with van der Waals surface area (Å²) in [6.07, 6.45) is 1.73. The van der Waals surface area contributed by atoms with Gasteiger partial charge >= 0.3 is 0 Å². The van der Waals surface area contributed by atoms with Crippen molar-refractivity contribution in [1.29, 1.82) is 0 Å². The zero-order valence-electron chi connectivity index (χ0n) is 13.4. The molecule has 25 heavy (non-hydrogen) atoms. The van der Waals surface area contributed by atoms with Gasteiger partial charge in [0.25, 0.3) is 0 Å². The summed E-state index contributed by atoms with van der Waals surface area (Å²) >= 11 is 0. The number of rotatable bonds is 2. The average Bonchev–Trinajstić information content (AvgIpc) is 3.18. The van der Waals surface area contributed by atoms with E-state index < -0.39 is 5.95 Å². The number of imidazole rings is 1. The van der Waals surface area contributed by atoms with Crippen LogP contribution in [0, 0.1) is 5.95 Å². The highest BCUT2D eigenvalue weighted by molar-refractivity contribution is 6.03. The molecular weight excluding hydrogens is 319 g/mol. The molecule has 4 heterocycles. The van der Waals surface area contributed by atoms with Crippen molar-refractivity contribution in [3.8, 4) is 11.4 Å². The van der Waals surface area contributed by atoms with Crippen molar-refractivity contribution in [1.82, 2.24) is 19.5 Å². The number of aryl methyl sites for hydroxylation is 1. The standard InChI is InChI=1S/C19H13FN4O/c1-2-24-15-6-4-3-5-14(15)22-17(24)11-9-13-12-7-8-16(20)23-19(12)25-18(13)21-10-11/h3-10H,2H2,1H3. The molecule has 0 saturated heterocycles. The molecular formula is C19H13FN4O. The van der Waals surface area contributed by atoms with E-state index in [1.54, 1.807) is 12.3 Å². The lowest BCUT2D eigenvalue weighted by atomic mass is 10.2. The molecule has 0 amide bonds. The molecule has 5 nitrogen and oxygen atoms in total. The van der Waals surface area contributed by atoms with Crippen molar-refractivity contribution in [3.63, 3.8) is 0 Å². The van der Waals surface area contributed by atoms with Crippen molar-refractivity contribution in [2.45, 2.75) is 13.5 Å². The van der Waals surface area contributed by atoms with Crippen LogP contribution in [-0.2, 0) is 6.54 Å². The molecule has 0 bridgehead atoms. The Kier molecular flexibility index (Phi) is 2.88. The molecule has 0 aliphatic heterocycles. The first-order valence-electron chi connectivity index (χ1n) is 8.05. The van der Waals surface area contributed by atoms with E-state index in [0.717, 1.165) is 39.7 Å². The lowest BCUT2D eigenvalue weighted by Crippen LogP contribution is -1.97. The van der Waals surface area contributed by atoms with E-state index in [-0.39, 0.29) is 5.71 Å². The summed E-state index contributed by atoms with van der Waals surface area (Å²) in [5, 5.41) is 1.54. The summed E-state index contributed by atoms with van der Waals surface area (Å²) in [5.74, 6) is 0.280. The third-order valence-electron chi connectivity index (χ3n) is 4.39. The van der Waals surface area contributed by atoms with Gasteiger partial charge in [-0.15, -0.1) is 0 Å². The number of aromatic nitrogens is 4. The average molecular weight is 332 g/mol. The van der Waals surface area contributed by atoms with Crippen molar-refractivity contribution >= 4 is 33.2 Å². The summed E-state index contributed by atoms with van der Waals surface area (Å²) in [6, 6.07) is 13.0. The first-order chi connectivity index (χ1) is 12.2. The van der Waals surface area contributed by atoms with Crippen LogP contribution in [-0.4, -0.2) is 19.5 Å². The molecule has 0 N–H and O–H groups in total. The molecule has 6 heteroatoms. The highest BCUT2D eigenvalue weighted by Gasteiger charge is 2.15. The van der Waals surface area contributed by atoms with Crippen LogP contribution < -0.4 is 0 Å². The first-order valence-corrected chi connectivity index (χ1v) is 8.05. The summed E-state index contributed by atoms with van der Waals surface area (Å²) in [7, 11) is 0. The Morgan fingerprint density at radius 3 is 2.80 bits per heavy atom. The predicted molar refractivity (Wildman–Crippen MR) is 93.7 cm³/mol. The van der Waals surface area contributed by atoms with E-state index in [9.17, 15) is 4.39 Å². The third kappa shape index (κ3) is 2.04. The normalized spacial score (nSPS) is 11.8. The van der Waals surface area contributed by atoms with Gasteiger partial charge in [-0.2, -0.15) is 9.37 Å². The quantitative estimate of drug-likeness (QED) is 0.445. The molecule has 0 unspecified atom stereocenters. The van der Waals surface area contributed by atoms with Gasteiger partial charge in [0, 0.05) is 18.3 Å². The SMILES string of the molecule is CCn1c(-c2cnc3oc4nc(F)ccc4c3c2)nc2ccccc21. The van der Waals surface area contributed by atoms with Gasteiger partial charge in [0.1, 0.15) is 5.82 Å². The lowest BCUT2D eigenvalue weighted by Gasteiger charge is -2.05. The van der Waals surface area contributed by atoms with Crippen LogP contribution in [0.5, 0.6) is 0 Å². The van der Waals surface area contributed by atoms with Crippen LogP contribution in [0.1, 0.15) is 6.92 Å². The Morgan fingerprint density at radius 2 is 1.92 bits per heavy atom. The molecule has 0 atom stereocenters. The van der Waals surface area contributed by atoms with Gasteiger partial charge in [-0.3, -0.25) is 0 Å². The highest BCUT2D eigenvalue weighted by Crippen LogP contribution is 2.31. The second-order valence-corrected chi connectivity index (χ2v) is 5.83. The van der Waals surface area contributed by atoms with E-state index >= 15 is 0 Å². The van der Waals surface area contributed by atoms with Crippen LogP contribution in [0.25, 0.3) is 44.6 Å². The predicted octanol–water partition coefficient (Wildman–Crippen LogP) is 4.55.